The van der Waals surface area contributed by atoms with E-state index in [1.54, 1.807) is 0 Å². The Morgan fingerprint density at radius 1 is 1.47 bits per heavy atom. The summed E-state index contributed by atoms with van der Waals surface area (Å²) in [4.78, 5) is 11.9. The van der Waals surface area contributed by atoms with Crippen LogP contribution in [0.1, 0.15) is 24.9 Å². The standard InChI is InChI=1S/C13H17BrN2O/c1-9(10-2-4-12(14)5-3-10)16-13(17)11-6-7-15-8-11/h2-5,9,11,15H,6-8H2,1H3,(H,16,17)/t9-,11?/m0/s1. The highest BCUT2D eigenvalue weighted by atomic mass is 79.9. The van der Waals surface area contributed by atoms with Crippen LogP contribution in [0.3, 0.4) is 0 Å². The van der Waals surface area contributed by atoms with Crippen LogP contribution in [0.2, 0.25) is 0 Å². The zero-order valence-corrected chi connectivity index (χ0v) is 11.5. The van der Waals surface area contributed by atoms with Gasteiger partial charge < -0.3 is 10.6 Å². The Balaban J connectivity index is 1.93. The normalized spacial score (nSPS) is 21.2. The molecular formula is C13H17BrN2O. The van der Waals surface area contributed by atoms with Crippen LogP contribution < -0.4 is 10.6 Å². The summed E-state index contributed by atoms with van der Waals surface area (Å²) < 4.78 is 1.06. The summed E-state index contributed by atoms with van der Waals surface area (Å²) in [5.74, 6) is 0.290. The lowest BCUT2D eigenvalue weighted by Gasteiger charge is -2.17. The monoisotopic (exact) mass is 296 g/mol. The highest BCUT2D eigenvalue weighted by Gasteiger charge is 2.23. The number of carbonyl (C=O) groups is 1. The molecule has 17 heavy (non-hydrogen) atoms. The molecule has 0 saturated carbocycles. The molecule has 1 amide bonds. The van der Waals surface area contributed by atoms with Gasteiger partial charge in [0.15, 0.2) is 0 Å². The Bertz CT molecular complexity index is 385. The van der Waals surface area contributed by atoms with Crippen molar-refractivity contribution in [3.63, 3.8) is 0 Å². The van der Waals surface area contributed by atoms with E-state index in [1.807, 2.05) is 31.2 Å². The minimum atomic E-state index is 0.0659. The lowest BCUT2D eigenvalue weighted by atomic mass is 10.1. The molecule has 1 heterocycles. The number of amides is 1. The van der Waals surface area contributed by atoms with Gasteiger partial charge in [0.25, 0.3) is 0 Å². The van der Waals surface area contributed by atoms with Crippen LogP contribution in [0, 0.1) is 5.92 Å². The third kappa shape index (κ3) is 3.30. The Morgan fingerprint density at radius 3 is 2.76 bits per heavy atom. The second-order valence-corrected chi connectivity index (χ2v) is 5.39. The highest BCUT2D eigenvalue weighted by Crippen LogP contribution is 2.17. The second kappa shape index (κ2) is 5.65. The van der Waals surface area contributed by atoms with Crippen LogP contribution in [-0.4, -0.2) is 19.0 Å². The van der Waals surface area contributed by atoms with Crippen molar-refractivity contribution in [1.82, 2.24) is 10.6 Å². The van der Waals surface area contributed by atoms with Crippen molar-refractivity contribution < 1.29 is 4.79 Å². The maximum Gasteiger partial charge on any atom is 0.224 e. The van der Waals surface area contributed by atoms with Crippen molar-refractivity contribution in [2.45, 2.75) is 19.4 Å². The Labute approximate surface area is 110 Å². The maximum atomic E-state index is 11.9. The molecule has 0 bridgehead atoms. The van der Waals surface area contributed by atoms with E-state index in [-0.39, 0.29) is 17.9 Å². The van der Waals surface area contributed by atoms with E-state index >= 15 is 0 Å². The fourth-order valence-electron chi connectivity index (χ4n) is 2.04. The van der Waals surface area contributed by atoms with Crippen molar-refractivity contribution in [3.8, 4) is 0 Å². The second-order valence-electron chi connectivity index (χ2n) is 4.47. The molecule has 0 aromatic heterocycles. The Hall–Kier alpha value is -0.870. The highest BCUT2D eigenvalue weighted by molar-refractivity contribution is 9.10. The van der Waals surface area contributed by atoms with Gasteiger partial charge in [0.05, 0.1) is 12.0 Å². The smallest absolute Gasteiger partial charge is 0.224 e. The van der Waals surface area contributed by atoms with Gasteiger partial charge in [-0.3, -0.25) is 4.79 Å². The molecule has 2 atom stereocenters. The number of nitrogens with one attached hydrogen (secondary N) is 2. The van der Waals surface area contributed by atoms with E-state index < -0.39 is 0 Å². The predicted octanol–water partition coefficient (Wildman–Crippen LogP) is 2.24. The molecular weight excluding hydrogens is 280 g/mol. The van der Waals surface area contributed by atoms with Crippen LogP contribution in [0.5, 0.6) is 0 Å². The fraction of sp³-hybridized carbons (Fsp3) is 0.462. The summed E-state index contributed by atoms with van der Waals surface area (Å²) in [6.07, 6.45) is 0.943. The van der Waals surface area contributed by atoms with Crippen molar-refractivity contribution in [2.24, 2.45) is 5.92 Å². The van der Waals surface area contributed by atoms with Crippen LogP contribution in [0.4, 0.5) is 0 Å². The lowest BCUT2D eigenvalue weighted by molar-refractivity contribution is -0.125. The molecule has 4 heteroatoms. The topological polar surface area (TPSA) is 41.1 Å². The molecule has 0 radical (unpaired) electrons. The van der Waals surface area contributed by atoms with Gasteiger partial charge in [-0.1, -0.05) is 28.1 Å². The summed E-state index contributed by atoms with van der Waals surface area (Å²) in [5, 5.41) is 6.27. The first-order chi connectivity index (χ1) is 8.16. The molecule has 1 aromatic carbocycles. The fourth-order valence-corrected chi connectivity index (χ4v) is 2.31. The van der Waals surface area contributed by atoms with E-state index in [4.69, 9.17) is 0 Å². The lowest BCUT2D eigenvalue weighted by Crippen LogP contribution is -2.33. The van der Waals surface area contributed by atoms with Gasteiger partial charge in [-0.15, -0.1) is 0 Å². The van der Waals surface area contributed by atoms with E-state index in [2.05, 4.69) is 26.6 Å². The average molecular weight is 297 g/mol. The largest absolute Gasteiger partial charge is 0.349 e. The van der Waals surface area contributed by atoms with Crippen molar-refractivity contribution >= 4 is 21.8 Å². The first kappa shape index (κ1) is 12.6. The molecule has 1 aliphatic heterocycles. The molecule has 1 unspecified atom stereocenters. The summed E-state index contributed by atoms with van der Waals surface area (Å²) in [6, 6.07) is 8.12. The van der Waals surface area contributed by atoms with Crippen LogP contribution in [0.25, 0.3) is 0 Å². The zero-order chi connectivity index (χ0) is 12.3. The minimum Gasteiger partial charge on any atom is -0.349 e. The zero-order valence-electron chi connectivity index (χ0n) is 9.87. The first-order valence-corrected chi connectivity index (χ1v) is 6.72. The van der Waals surface area contributed by atoms with Gasteiger partial charge in [-0.25, -0.2) is 0 Å². The summed E-state index contributed by atoms with van der Waals surface area (Å²) >= 11 is 3.40. The molecule has 0 spiro atoms. The third-order valence-electron chi connectivity index (χ3n) is 3.16. The van der Waals surface area contributed by atoms with Crippen LogP contribution >= 0.6 is 15.9 Å². The van der Waals surface area contributed by atoms with Gasteiger partial charge in [-0.2, -0.15) is 0 Å². The number of rotatable bonds is 3. The van der Waals surface area contributed by atoms with Gasteiger partial charge in [-0.05, 0) is 37.6 Å². The van der Waals surface area contributed by atoms with E-state index in [9.17, 15) is 4.79 Å². The minimum absolute atomic E-state index is 0.0659. The molecule has 3 nitrogen and oxygen atoms in total. The van der Waals surface area contributed by atoms with Crippen LogP contribution in [0.15, 0.2) is 28.7 Å². The molecule has 1 fully saturated rings. The number of carbonyl (C=O) groups excluding carboxylic acids is 1. The van der Waals surface area contributed by atoms with Gasteiger partial charge >= 0.3 is 0 Å². The molecule has 1 aliphatic rings. The van der Waals surface area contributed by atoms with Crippen molar-refractivity contribution in [2.75, 3.05) is 13.1 Å². The number of hydrogen-bond donors (Lipinski definition) is 2. The quantitative estimate of drug-likeness (QED) is 0.898. The molecule has 2 N–H and O–H groups in total. The number of halogens is 1. The SMILES string of the molecule is C[C@H](NC(=O)C1CCNC1)c1ccc(Br)cc1. The Morgan fingerprint density at radius 2 is 2.18 bits per heavy atom. The maximum absolute atomic E-state index is 11.9. The van der Waals surface area contributed by atoms with Crippen molar-refractivity contribution in [1.29, 1.82) is 0 Å². The molecule has 0 aliphatic carbocycles. The van der Waals surface area contributed by atoms with E-state index in [0.717, 1.165) is 29.5 Å². The third-order valence-corrected chi connectivity index (χ3v) is 3.69. The number of benzene rings is 1. The Kier molecular flexibility index (Phi) is 4.18. The summed E-state index contributed by atoms with van der Waals surface area (Å²) in [7, 11) is 0. The molecule has 1 aromatic rings. The van der Waals surface area contributed by atoms with Crippen LogP contribution in [-0.2, 0) is 4.79 Å². The van der Waals surface area contributed by atoms with Gasteiger partial charge in [0.1, 0.15) is 0 Å². The molecule has 92 valence electrons. The van der Waals surface area contributed by atoms with Crippen molar-refractivity contribution in [3.05, 3.63) is 34.3 Å². The summed E-state index contributed by atoms with van der Waals surface area (Å²) in [6.45, 7) is 3.77. The number of hydrogen-bond acceptors (Lipinski definition) is 2. The average Bonchev–Trinajstić information content (AvgIpc) is 2.83. The van der Waals surface area contributed by atoms with E-state index in [1.165, 1.54) is 0 Å². The van der Waals surface area contributed by atoms with E-state index in [0.29, 0.717) is 0 Å². The first-order valence-electron chi connectivity index (χ1n) is 5.93. The van der Waals surface area contributed by atoms with Gasteiger partial charge in [0.2, 0.25) is 5.91 Å². The predicted molar refractivity (Wildman–Crippen MR) is 71.7 cm³/mol. The molecule has 2 rings (SSSR count). The van der Waals surface area contributed by atoms with Gasteiger partial charge in [0, 0.05) is 11.0 Å². The molecule has 1 saturated heterocycles. The summed E-state index contributed by atoms with van der Waals surface area (Å²) in [5.41, 5.74) is 1.13.